The number of aromatic nitrogens is 1. The summed E-state index contributed by atoms with van der Waals surface area (Å²) >= 11 is 5.88. The van der Waals surface area contributed by atoms with E-state index < -0.39 is 16.6 Å². The van der Waals surface area contributed by atoms with Gasteiger partial charge in [-0.2, -0.15) is 13.1 Å². The van der Waals surface area contributed by atoms with Crippen LogP contribution in [-0.4, -0.2) is 55.4 Å². The van der Waals surface area contributed by atoms with Crippen LogP contribution >= 0.6 is 11.6 Å². The second-order valence-corrected chi connectivity index (χ2v) is 8.35. The molecule has 1 saturated heterocycles. The van der Waals surface area contributed by atoms with Gasteiger partial charge in [0.15, 0.2) is 0 Å². The second kappa shape index (κ2) is 8.47. The molecule has 2 heterocycles. The molecule has 0 saturated carbocycles. The van der Waals surface area contributed by atoms with Gasteiger partial charge in [-0.15, -0.1) is 0 Å². The van der Waals surface area contributed by atoms with Crippen molar-refractivity contribution in [2.75, 3.05) is 26.2 Å². The molecule has 1 fully saturated rings. The summed E-state index contributed by atoms with van der Waals surface area (Å²) < 4.78 is 55.8. The number of nitrogens with zero attached hydrogens (tertiary/aromatic N) is 3. The highest BCUT2D eigenvalue weighted by Gasteiger charge is 2.29. The van der Waals surface area contributed by atoms with Crippen molar-refractivity contribution >= 4 is 21.6 Å². The summed E-state index contributed by atoms with van der Waals surface area (Å²) in [7, 11) is -3.76. The fraction of sp³-hybridized carbons (Fsp3) is 0.353. The summed E-state index contributed by atoms with van der Waals surface area (Å²) in [6, 6.07) is 7.35. The molecule has 0 unspecified atom stereocenters. The normalized spacial score (nSPS) is 16.6. The molecular formula is C17H18ClF2N3O3S. The first kappa shape index (κ1) is 19.9. The van der Waals surface area contributed by atoms with Crippen molar-refractivity contribution in [1.82, 2.24) is 14.2 Å². The highest BCUT2D eigenvalue weighted by atomic mass is 35.5. The van der Waals surface area contributed by atoms with Crippen LogP contribution in [-0.2, 0) is 16.6 Å². The SMILES string of the molecule is O=S(=O)(c1ccc(OC(F)F)c(Cl)c1)N1CCN(Cc2ccncc2)CC1. The minimum atomic E-state index is -3.76. The summed E-state index contributed by atoms with van der Waals surface area (Å²) in [6.07, 6.45) is 3.45. The van der Waals surface area contributed by atoms with Gasteiger partial charge in [-0.25, -0.2) is 8.42 Å². The molecule has 0 bridgehead atoms. The number of hydrogen-bond acceptors (Lipinski definition) is 5. The van der Waals surface area contributed by atoms with Gasteiger partial charge in [0.25, 0.3) is 0 Å². The van der Waals surface area contributed by atoms with E-state index >= 15 is 0 Å². The first-order valence-electron chi connectivity index (χ1n) is 8.22. The number of pyridine rings is 1. The third kappa shape index (κ3) is 4.92. The van der Waals surface area contributed by atoms with E-state index in [0.717, 1.165) is 24.2 Å². The van der Waals surface area contributed by atoms with Crippen LogP contribution in [0.3, 0.4) is 0 Å². The molecule has 0 spiro atoms. The lowest BCUT2D eigenvalue weighted by atomic mass is 10.2. The monoisotopic (exact) mass is 417 g/mol. The van der Waals surface area contributed by atoms with Crippen LogP contribution in [0.15, 0.2) is 47.6 Å². The Morgan fingerprint density at radius 2 is 1.78 bits per heavy atom. The number of benzene rings is 1. The molecule has 3 rings (SSSR count). The van der Waals surface area contributed by atoms with Crippen LogP contribution in [0.2, 0.25) is 5.02 Å². The molecular weight excluding hydrogens is 400 g/mol. The van der Waals surface area contributed by atoms with E-state index in [0.29, 0.717) is 26.2 Å². The molecule has 146 valence electrons. The number of alkyl halides is 2. The zero-order valence-corrected chi connectivity index (χ0v) is 15.8. The average Bonchev–Trinajstić information content (AvgIpc) is 2.64. The highest BCUT2D eigenvalue weighted by Crippen LogP contribution is 2.30. The Hall–Kier alpha value is -1.81. The summed E-state index contributed by atoms with van der Waals surface area (Å²) in [5.41, 5.74) is 1.11. The third-order valence-electron chi connectivity index (χ3n) is 4.24. The molecule has 0 radical (unpaired) electrons. The van der Waals surface area contributed by atoms with Crippen molar-refractivity contribution in [3.05, 3.63) is 53.3 Å². The van der Waals surface area contributed by atoms with Crippen molar-refractivity contribution in [3.8, 4) is 5.75 Å². The maximum Gasteiger partial charge on any atom is 0.387 e. The van der Waals surface area contributed by atoms with Gasteiger partial charge in [-0.1, -0.05) is 11.6 Å². The van der Waals surface area contributed by atoms with E-state index in [1.807, 2.05) is 12.1 Å². The van der Waals surface area contributed by atoms with Gasteiger partial charge < -0.3 is 4.74 Å². The van der Waals surface area contributed by atoms with Crippen molar-refractivity contribution < 1.29 is 21.9 Å². The molecule has 6 nitrogen and oxygen atoms in total. The molecule has 1 aromatic carbocycles. The van der Waals surface area contributed by atoms with Crippen molar-refractivity contribution in [1.29, 1.82) is 0 Å². The second-order valence-electron chi connectivity index (χ2n) is 6.01. The molecule has 0 atom stereocenters. The number of sulfonamides is 1. The molecule has 1 aromatic heterocycles. The molecule has 0 amide bonds. The number of piperazine rings is 1. The largest absolute Gasteiger partial charge is 0.433 e. The maximum atomic E-state index is 12.8. The smallest absolute Gasteiger partial charge is 0.387 e. The lowest BCUT2D eigenvalue weighted by molar-refractivity contribution is -0.0498. The van der Waals surface area contributed by atoms with E-state index in [-0.39, 0.29) is 15.7 Å². The fourth-order valence-corrected chi connectivity index (χ4v) is 4.60. The summed E-state index contributed by atoms with van der Waals surface area (Å²) in [4.78, 5) is 6.09. The Morgan fingerprint density at radius 1 is 1.11 bits per heavy atom. The van der Waals surface area contributed by atoms with Gasteiger partial charge in [0.2, 0.25) is 10.0 Å². The average molecular weight is 418 g/mol. The van der Waals surface area contributed by atoms with Crippen LogP contribution < -0.4 is 4.74 Å². The Bertz CT molecular complexity index is 876. The van der Waals surface area contributed by atoms with Gasteiger partial charge in [0, 0.05) is 45.1 Å². The predicted molar refractivity (Wildman–Crippen MR) is 96.4 cm³/mol. The summed E-state index contributed by atoms with van der Waals surface area (Å²) in [6.45, 7) is -0.467. The predicted octanol–water partition coefficient (Wildman–Crippen LogP) is 2.84. The number of halogens is 3. The number of rotatable bonds is 6. The topological polar surface area (TPSA) is 62.7 Å². The van der Waals surface area contributed by atoms with Crippen molar-refractivity contribution in [2.24, 2.45) is 0 Å². The maximum absolute atomic E-state index is 12.8. The molecule has 0 N–H and O–H groups in total. The van der Waals surface area contributed by atoms with Crippen LogP contribution in [0.1, 0.15) is 5.56 Å². The number of ether oxygens (including phenoxy) is 1. The van der Waals surface area contributed by atoms with E-state index in [2.05, 4.69) is 14.6 Å². The molecule has 2 aromatic rings. The molecule has 27 heavy (non-hydrogen) atoms. The van der Waals surface area contributed by atoms with E-state index in [4.69, 9.17) is 11.6 Å². The molecule has 0 aliphatic carbocycles. The van der Waals surface area contributed by atoms with Crippen molar-refractivity contribution in [3.63, 3.8) is 0 Å². The lowest BCUT2D eigenvalue weighted by Gasteiger charge is -2.34. The first-order chi connectivity index (χ1) is 12.9. The van der Waals surface area contributed by atoms with Gasteiger partial charge in [-0.3, -0.25) is 9.88 Å². The lowest BCUT2D eigenvalue weighted by Crippen LogP contribution is -2.48. The Labute approximate surface area is 161 Å². The van der Waals surface area contributed by atoms with Crippen LogP contribution in [0.4, 0.5) is 8.78 Å². The van der Waals surface area contributed by atoms with E-state index in [1.165, 1.54) is 10.4 Å². The minimum absolute atomic E-state index is 0.0447. The quantitative estimate of drug-likeness (QED) is 0.723. The Morgan fingerprint density at radius 3 is 2.37 bits per heavy atom. The van der Waals surface area contributed by atoms with E-state index in [9.17, 15) is 17.2 Å². The zero-order chi connectivity index (χ0) is 19.4. The van der Waals surface area contributed by atoms with Gasteiger partial charge in [0.05, 0.1) is 9.92 Å². The fourth-order valence-electron chi connectivity index (χ4n) is 2.86. The zero-order valence-electron chi connectivity index (χ0n) is 14.3. The Balaban J connectivity index is 1.65. The van der Waals surface area contributed by atoms with E-state index in [1.54, 1.807) is 12.4 Å². The van der Waals surface area contributed by atoms with Crippen LogP contribution in [0.25, 0.3) is 0 Å². The van der Waals surface area contributed by atoms with Gasteiger partial charge in [-0.05, 0) is 35.9 Å². The van der Waals surface area contributed by atoms with Crippen LogP contribution in [0.5, 0.6) is 5.75 Å². The number of hydrogen-bond donors (Lipinski definition) is 0. The van der Waals surface area contributed by atoms with Crippen LogP contribution in [0, 0.1) is 0 Å². The third-order valence-corrected chi connectivity index (χ3v) is 6.43. The molecule has 1 aliphatic rings. The Kier molecular flexibility index (Phi) is 6.25. The van der Waals surface area contributed by atoms with Gasteiger partial charge in [0.1, 0.15) is 5.75 Å². The van der Waals surface area contributed by atoms with Gasteiger partial charge >= 0.3 is 6.61 Å². The first-order valence-corrected chi connectivity index (χ1v) is 10.0. The summed E-state index contributed by atoms with van der Waals surface area (Å²) in [5, 5.41) is -0.173. The molecule has 10 heteroatoms. The van der Waals surface area contributed by atoms with Crippen molar-refractivity contribution in [2.45, 2.75) is 18.1 Å². The summed E-state index contributed by atoms with van der Waals surface area (Å²) in [5.74, 6) is -0.257. The highest BCUT2D eigenvalue weighted by molar-refractivity contribution is 7.89. The standard InChI is InChI=1S/C17H18ClF2N3O3S/c18-15-11-14(1-2-16(15)26-17(19)20)27(24,25)23-9-7-22(8-10-23)12-13-3-5-21-6-4-13/h1-6,11,17H,7-10,12H2. The minimum Gasteiger partial charge on any atom is -0.433 e. The molecule has 1 aliphatic heterocycles.